The third-order valence-corrected chi connectivity index (χ3v) is 2.22. The summed E-state index contributed by atoms with van der Waals surface area (Å²) < 4.78 is 0. The van der Waals surface area contributed by atoms with Gasteiger partial charge in [-0.1, -0.05) is 11.6 Å². The van der Waals surface area contributed by atoms with Crippen LogP contribution in [0.1, 0.15) is 15.9 Å². The second kappa shape index (κ2) is 4.32. The fourth-order valence-electron chi connectivity index (χ4n) is 0.984. The Morgan fingerprint density at radius 3 is 2.64 bits per heavy atom. The minimum atomic E-state index is -0.273. The minimum Gasteiger partial charge on any atom is -0.398 e. The molecule has 0 aliphatic carbocycles. The van der Waals surface area contributed by atoms with E-state index in [0.717, 1.165) is 0 Å². The summed E-state index contributed by atoms with van der Waals surface area (Å²) in [6.45, 7) is 0. The number of anilines is 1. The Hall–Kier alpha value is -1.24. The van der Waals surface area contributed by atoms with Crippen LogP contribution in [0.15, 0.2) is 12.1 Å². The van der Waals surface area contributed by atoms with E-state index in [4.69, 9.17) is 34.2 Å². The number of nitrogen functional groups attached to an aromatic ring is 1. The molecule has 0 fully saturated rings. The van der Waals surface area contributed by atoms with E-state index in [9.17, 15) is 4.79 Å². The van der Waals surface area contributed by atoms with Crippen LogP contribution in [0.3, 0.4) is 0 Å². The monoisotopic (exact) mass is 228 g/mol. The molecule has 0 spiro atoms. The Bertz CT molecular complexity index is 400. The van der Waals surface area contributed by atoms with E-state index in [1.54, 1.807) is 0 Å². The van der Waals surface area contributed by atoms with Gasteiger partial charge in [-0.3, -0.25) is 4.79 Å². The van der Waals surface area contributed by atoms with Gasteiger partial charge in [0.15, 0.2) is 5.78 Å². The lowest BCUT2D eigenvalue weighted by molar-refractivity contribution is 0.102. The summed E-state index contributed by atoms with van der Waals surface area (Å²) in [6, 6.07) is 4.63. The van der Waals surface area contributed by atoms with Crippen LogP contribution >= 0.6 is 23.2 Å². The number of halogens is 2. The Kier molecular flexibility index (Phi) is 3.34. The van der Waals surface area contributed by atoms with Crippen molar-refractivity contribution in [1.29, 1.82) is 5.26 Å². The number of rotatable bonds is 2. The number of carbonyl (C=O) groups is 1. The van der Waals surface area contributed by atoms with Crippen molar-refractivity contribution in [2.45, 2.75) is 0 Å². The molecule has 0 radical (unpaired) electrons. The number of hydrogen-bond donors (Lipinski definition) is 1. The first kappa shape index (κ1) is 10.8. The first-order valence-corrected chi connectivity index (χ1v) is 4.59. The van der Waals surface area contributed by atoms with E-state index in [1.807, 2.05) is 6.07 Å². The molecule has 0 amide bonds. The van der Waals surface area contributed by atoms with Crippen molar-refractivity contribution in [2.75, 3.05) is 11.6 Å². The molecule has 0 aromatic heterocycles. The maximum absolute atomic E-state index is 11.2. The van der Waals surface area contributed by atoms with Crippen LogP contribution in [-0.2, 0) is 0 Å². The molecule has 0 heterocycles. The van der Waals surface area contributed by atoms with Gasteiger partial charge in [0.1, 0.15) is 6.07 Å². The number of nitrogens with zero attached hydrogens (tertiary/aromatic N) is 1. The molecule has 14 heavy (non-hydrogen) atoms. The number of hydrogen-bond acceptors (Lipinski definition) is 3. The Morgan fingerprint density at radius 1 is 1.57 bits per heavy atom. The highest BCUT2D eigenvalue weighted by Crippen LogP contribution is 2.23. The molecule has 0 saturated heterocycles. The number of Topliss-reactive ketones (excluding diaryl/α,β-unsaturated/α-hetero) is 1. The van der Waals surface area contributed by atoms with E-state index in [-0.39, 0.29) is 27.9 Å². The molecule has 0 aliphatic rings. The highest BCUT2D eigenvalue weighted by molar-refractivity contribution is 6.34. The van der Waals surface area contributed by atoms with E-state index < -0.39 is 0 Å². The molecule has 0 unspecified atom stereocenters. The summed E-state index contributed by atoms with van der Waals surface area (Å²) in [7, 11) is 0. The second-order valence-electron chi connectivity index (χ2n) is 2.59. The van der Waals surface area contributed by atoms with Gasteiger partial charge in [-0.2, -0.15) is 5.26 Å². The van der Waals surface area contributed by atoms with Gasteiger partial charge in [-0.05, 0) is 12.1 Å². The van der Waals surface area contributed by atoms with Gasteiger partial charge in [0, 0.05) is 5.56 Å². The summed E-state index contributed by atoms with van der Waals surface area (Å²) in [5.74, 6) is -0.411. The van der Waals surface area contributed by atoms with Crippen LogP contribution in [0, 0.1) is 11.3 Å². The fraction of sp³-hybridized carbons (Fsp3) is 0.111. The first-order chi connectivity index (χ1) is 6.60. The standard InChI is InChI=1S/C9H6Cl2N2O/c10-3-9(14)5-1-7(11)6(4-12)8(13)2-5/h1-2H,3,13H2. The lowest BCUT2D eigenvalue weighted by Crippen LogP contribution is -2.03. The van der Waals surface area contributed by atoms with Gasteiger partial charge in [0.25, 0.3) is 0 Å². The molecule has 0 bridgehead atoms. The van der Waals surface area contributed by atoms with Crippen molar-refractivity contribution in [2.24, 2.45) is 0 Å². The van der Waals surface area contributed by atoms with Gasteiger partial charge in [-0.15, -0.1) is 11.6 Å². The highest BCUT2D eigenvalue weighted by atomic mass is 35.5. The Balaban J connectivity index is 3.29. The molecule has 0 aliphatic heterocycles. The van der Waals surface area contributed by atoms with Crippen molar-refractivity contribution in [3.63, 3.8) is 0 Å². The lowest BCUT2D eigenvalue weighted by Gasteiger charge is -2.03. The molecule has 72 valence electrons. The fourth-order valence-corrected chi connectivity index (χ4v) is 1.41. The van der Waals surface area contributed by atoms with Crippen molar-refractivity contribution < 1.29 is 4.79 Å². The van der Waals surface area contributed by atoms with Crippen molar-refractivity contribution in [3.05, 3.63) is 28.3 Å². The van der Waals surface area contributed by atoms with Crippen molar-refractivity contribution in [1.82, 2.24) is 0 Å². The molecule has 1 aromatic rings. The quantitative estimate of drug-likeness (QED) is 0.480. The van der Waals surface area contributed by atoms with Crippen LogP contribution in [0.5, 0.6) is 0 Å². The van der Waals surface area contributed by atoms with Gasteiger partial charge in [0.05, 0.1) is 22.2 Å². The SMILES string of the molecule is N#Cc1c(N)cc(C(=O)CCl)cc1Cl. The van der Waals surface area contributed by atoms with E-state index >= 15 is 0 Å². The maximum atomic E-state index is 11.2. The minimum absolute atomic E-state index is 0.137. The number of nitriles is 1. The van der Waals surface area contributed by atoms with Crippen molar-refractivity contribution in [3.8, 4) is 6.07 Å². The third-order valence-electron chi connectivity index (χ3n) is 1.68. The molecular weight excluding hydrogens is 223 g/mol. The maximum Gasteiger partial charge on any atom is 0.177 e. The summed E-state index contributed by atoms with van der Waals surface area (Å²) >= 11 is 11.1. The molecule has 1 aromatic carbocycles. The van der Waals surface area contributed by atoms with Gasteiger partial charge < -0.3 is 5.73 Å². The second-order valence-corrected chi connectivity index (χ2v) is 3.27. The number of carbonyl (C=O) groups excluding carboxylic acids is 1. The summed E-state index contributed by atoms with van der Waals surface area (Å²) in [5.41, 5.74) is 6.21. The Labute approximate surface area is 91.0 Å². The predicted molar refractivity (Wildman–Crippen MR) is 55.6 cm³/mol. The number of alkyl halides is 1. The van der Waals surface area contributed by atoms with Crippen LogP contribution in [0.2, 0.25) is 5.02 Å². The number of benzene rings is 1. The third kappa shape index (κ3) is 1.98. The van der Waals surface area contributed by atoms with Gasteiger partial charge >= 0.3 is 0 Å². The van der Waals surface area contributed by atoms with Crippen LogP contribution in [0.25, 0.3) is 0 Å². The Morgan fingerprint density at radius 2 is 2.21 bits per heavy atom. The highest BCUT2D eigenvalue weighted by Gasteiger charge is 2.11. The molecular formula is C9H6Cl2N2O. The van der Waals surface area contributed by atoms with Crippen LogP contribution < -0.4 is 5.73 Å². The topological polar surface area (TPSA) is 66.9 Å². The molecule has 3 nitrogen and oxygen atoms in total. The zero-order valence-corrected chi connectivity index (χ0v) is 8.56. The summed E-state index contributed by atoms with van der Waals surface area (Å²) in [6.07, 6.45) is 0. The van der Waals surface area contributed by atoms with Crippen LogP contribution in [-0.4, -0.2) is 11.7 Å². The molecule has 2 N–H and O–H groups in total. The van der Waals surface area contributed by atoms with Gasteiger partial charge in [0.2, 0.25) is 0 Å². The van der Waals surface area contributed by atoms with Gasteiger partial charge in [-0.25, -0.2) is 0 Å². The molecule has 1 rings (SSSR count). The normalized spacial score (nSPS) is 9.50. The zero-order chi connectivity index (χ0) is 10.7. The van der Waals surface area contributed by atoms with E-state index in [0.29, 0.717) is 5.56 Å². The number of ketones is 1. The zero-order valence-electron chi connectivity index (χ0n) is 7.05. The van der Waals surface area contributed by atoms with E-state index in [2.05, 4.69) is 0 Å². The van der Waals surface area contributed by atoms with Crippen molar-refractivity contribution >= 4 is 34.7 Å². The average molecular weight is 229 g/mol. The molecule has 0 atom stereocenters. The van der Waals surface area contributed by atoms with Crippen LogP contribution in [0.4, 0.5) is 5.69 Å². The largest absolute Gasteiger partial charge is 0.398 e. The lowest BCUT2D eigenvalue weighted by atomic mass is 10.1. The smallest absolute Gasteiger partial charge is 0.177 e. The molecule has 5 heteroatoms. The predicted octanol–water partition coefficient (Wildman–Crippen LogP) is 2.22. The first-order valence-electron chi connectivity index (χ1n) is 3.68. The average Bonchev–Trinajstić information content (AvgIpc) is 2.16. The summed E-state index contributed by atoms with van der Waals surface area (Å²) in [4.78, 5) is 11.2. The number of nitrogens with two attached hydrogens (primary N) is 1. The van der Waals surface area contributed by atoms with E-state index in [1.165, 1.54) is 12.1 Å². The molecule has 0 saturated carbocycles. The summed E-state index contributed by atoms with van der Waals surface area (Å²) in [5, 5.41) is 8.83.